The van der Waals surface area contributed by atoms with E-state index in [4.69, 9.17) is 0 Å². The van der Waals surface area contributed by atoms with Gasteiger partial charge < -0.3 is 5.32 Å². The van der Waals surface area contributed by atoms with E-state index in [1.165, 1.54) is 10.9 Å². The van der Waals surface area contributed by atoms with Crippen molar-refractivity contribution >= 4 is 17.5 Å². The largest absolute Gasteiger partial charge is 0.309 e. The quantitative estimate of drug-likeness (QED) is 0.668. The number of nitriles is 1. The van der Waals surface area contributed by atoms with Crippen LogP contribution in [0.1, 0.15) is 39.9 Å². The SMILES string of the molecule is Cc1ccc(C(=O)CCC(=O)Nc2c(C#N)cnn2-c2ccccn2)cc1C. The lowest BCUT2D eigenvalue weighted by molar-refractivity contribution is -0.116. The number of hydrogen-bond acceptors (Lipinski definition) is 5. The minimum Gasteiger partial charge on any atom is -0.309 e. The van der Waals surface area contributed by atoms with E-state index in [9.17, 15) is 14.9 Å². The average Bonchev–Trinajstić information content (AvgIpc) is 3.11. The van der Waals surface area contributed by atoms with Crippen LogP contribution in [0.4, 0.5) is 5.82 Å². The predicted octanol–water partition coefficient (Wildman–Crippen LogP) is 3.36. The third-order valence-electron chi connectivity index (χ3n) is 4.42. The number of carbonyl (C=O) groups is 2. The highest BCUT2D eigenvalue weighted by atomic mass is 16.2. The van der Waals surface area contributed by atoms with E-state index in [1.54, 1.807) is 30.5 Å². The monoisotopic (exact) mass is 373 g/mol. The van der Waals surface area contributed by atoms with Crippen molar-refractivity contribution < 1.29 is 9.59 Å². The van der Waals surface area contributed by atoms with Gasteiger partial charge in [0.15, 0.2) is 17.4 Å². The lowest BCUT2D eigenvalue weighted by Gasteiger charge is -2.09. The number of carbonyl (C=O) groups excluding carboxylic acids is 2. The van der Waals surface area contributed by atoms with Crippen LogP contribution >= 0.6 is 0 Å². The molecule has 2 aromatic heterocycles. The molecule has 28 heavy (non-hydrogen) atoms. The third kappa shape index (κ3) is 4.13. The zero-order valence-electron chi connectivity index (χ0n) is 15.6. The number of nitrogens with zero attached hydrogens (tertiary/aromatic N) is 4. The van der Waals surface area contributed by atoms with Crippen molar-refractivity contribution in [1.29, 1.82) is 5.26 Å². The first-order valence-corrected chi connectivity index (χ1v) is 8.79. The Morgan fingerprint density at radius 3 is 2.64 bits per heavy atom. The molecule has 0 aliphatic rings. The second kappa shape index (κ2) is 8.27. The summed E-state index contributed by atoms with van der Waals surface area (Å²) in [4.78, 5) is 28.9. The van der Waals surface area contributed by atoms with E-state index >= 15 is 0 Å². The average molecular weight is 373 g/mol. The van der Waals surface area contributed by atoms with Crippen LogP contribution in [0.3, 0.4) is 0 Å². The summed E-state index contributed by atoms with van der Waals surface area (Å²) in [6.07, 6.45) is 3.04. The van der Waals surface area contributed by atoms with Gasteiger partial charge in [0.2, 0.25) is 5.91 Å². The van der Waals surface area contributed by atoms with Crippen LogP contribution in [0.15, 0.2) is 48.8 Å². The molecule has 0 saturated carbocycles. The number of Topliss-reactive ketones (excluding diaryl/α,β-unsaturated/α-hetero) is 1. The summed E-state index contributed by atoms with van der Waals surface area (Å²) in [5.74, 6) is 0.249. The first-order valence-electron chi connectivity index (χ1n) is 8.79. The number of hydrogen-bond donors (Lipinski definition) is 1. The summed E-state index contributed by atoms with van der Waals surface area (Å²) in [7, 11) is 0. The fourth-order valence-electron chi connectivity index (χ4n) is 2.68. The van der Waals surface area contributed by atoms with Crippen LogP contribution < -0.4 is 5.32 Å². The predicted molar refractivity (Wildman–Crippen MR) is 104 cm³/mol. The van der Waals surface area contributed by atoms with Gasteiger partial charge in [0.25, 0.3) is 0 Å². The molecule has 0 aliphatic heterocycles. The van der Waals surface area contributed by atoms with E-state index in [2.05, 4.69) is 15.4 Å². The maximum atomic E-state index is 12.4. The molecule has 7 nitrogen and oxygen atoms in total. The number of pyridine rings is 1. The van der Waals surface area contributed by atoms with Crippen molar-refractivity contribution in [2.75, 3.05) is 5.32 Å². The molecule has 0 aliphatic carbocycles. The number of ketones is 1. The molecule has 140 valence electrons. The molecule has 0 atom stereocenters. The molecule has 1 aromatic carbocycles. The molecule has 7 heteroatoms. The molecule has 0 saturated heterocycles. The molecule has 1 amide bonds. The summed E-state index contributed by atoms with van der Waals surface area (Å²) in [6, 6.07) is 12.8. The van der Waals surface area contributed by atoms with Gasteiger partial charge in [-0.15, -0.1) is 0 Å². The highest BCUT2D eigenvalue weighted by Crippen LogP contribution is 2.19. The number of aromatic nitrogens is 3. The van der Waals surface area contributed by atoms with E-state index in [1.807, 2.05) is 32.0 Å². The van der Waals surface area contributed by atoms with Gasteiger partial charge in [-0.05, 0) is 43.2 Å². The van der Waals surface area contributed by atoms with Gasteiger partial charge in [-0.3, -0.25) is 9.59 Å². The topological polar surface area (TPSA) is 101 Å². The van der Waals surface area contributed by atoms with Gasteiger partial charge in [-0.25, -0.2) is 4.98 Å². The van der Waals surface area contributed by atoms with Crippen LogP contribution in [0.2, 0.25) is 0 Å². The van der Waals surface area contributed by atoms with Gasteiger partial charge in [-0.2, -0.15) is 15.0 Å². The number of rotatable bonds is 6. The molecule has 0 spiro atoms. The van der Waals surface area contributed by atoms with Gasteiger partial charge in [0.05, 0.1) is 6.20 Å². The van der Waals surface area contributed by atoms with Crippen LogP contribution in [0.5, 0.6) is 0 Å². The second-order valence-corrected chi connectivity index (χ2v) is 6.39. The van der Waals surface area contributed by atoms with Crippen LogP contribution in [0, 0.1) is 25.2 Å². The van der Waals surface area contributed by atoms with Crippen molar-refractivity contribution in [2.24, 2.45) is 0 Å². The Hall–Kier alpha value is -3.79. The van der Waals surface area contributed by atoms with Crippen LogP contribution in [0.25, 0.3) is 5.82 Å². The highest BCUT2D eigenvalue weighted by molar-refractivity contribution is 6.00. The van der Waals surface area contributed by atoms with Crippen molar-refractivity contribution in [3.8, 4) is 11.9 Å². The van der Waals surface area contributed by atoms with E-state index < -0.39 is 0 Å². The van der Waals surface area contributed by atoms with Crippen LogP contribution in [-0.2, 0) is 4.79 Å². The smallest absolute Gasteiger partial charge is 0.226 e. The summed E-state index contributed by atoms with van der Waals surface area (Å²) >= 11 is 0. The number of benzene rings is 1. The molecule has 1 N–H and O–H groups in total. The van der Waals surface area contributed by atoms with Crippen molar-refractivity contribution in [3.05, 3.63) is 71.0 Å². The molecule has 0 radical (unpaired) electrons. The van der Waals surface area contributed by atoms with Gasteiger partial charge >= 0.3 is 0 Å². The highest BCUT2D eigenvalue weighted by Gasteiger charge is 2.17. The van der Waals surface area contributed by atoms with Crippen molar-refractivity contribution in [3.63, 3.8) is 0 Å². The number of nitrogens with one attached hydrogen (secondary N) is 1. The molecule has 3 rings (SSSR count). The van der Waals surface area contributed by atoms with Gasteiger partial charge in [-0.1, -0.05) is 18.2 Å². The Balaban J connectivity index is 1.70. The molecule has 3 aromatic rings. The molecular weight excluding hydrogens is 354 g/mol. The molecular formula is C21H19N5O2. The lowest BCUT2D eigenvalue weighted by atomic mass is 10.0. The lowest BCUT2D eigenvalue weighted by Crippen LogP contribution is -2.17. The number of aryl methyl sites for hydroxylation is 2. The maximum absolute atomic E-state index is 12.4. The standard InChI is InChI=1S/C21H19N5O2/c1-14-6-7-16(11-15(14)2)18(27)8-9-20(28)25-21-17(12-22)13-24-26(21)19-5-3-4-10-23-19/h3-7,10-11,13H,8-9H2,1-2H3,(H,25,28). The Morgan fingerprint density at radius 2 is 1.96 bits per heavy atom. The maximum Gasteiger partial charge on any atom is 0.226 e. The molecule has 2 heterocycles. The van der Waals surface area contributed by atoms with Crippen molar-refractivity contribution in [2.45, 2.75) is 26.7 Å². The fraction of sp³-hybridized carbons (Fsp3) is 0.190. The normalized spacial score (nSPS) is 10.3. The summed E-state index contributed by atoms with van der Waals surface area (Å²) in [5.41, 5.74) is 2.96. The van der Waals surface area contributed by atoms with E-state index in [-0.39, 0.29) is 35.9 Å². The molecule has 0 fully saturated rings. The zero-order chi connectivity index (χ0) is 20.1. The van der Waals surface area contributed by atoms with E-state index in [0.29, 0.717) is 11.4 Å². The zero-order valence-corrected chi connectivity index (χ0v) is 15.6. The summed E-state index contributed by atoms with van der Waals surface area (Å²) < 4.78 is 1.39. The number of anilines is 1. The van der Waals surface area contributed by atoms with Gasteiger partial charge in [0.1, 0.15) is 11.6 Å². The minimum absolute atomic E-state index is 0.00399. The molecule has 0 unspecified atom stereocenters. The summed E-state index contributed by atoms with van der Waals surface area (Å²) in [6.45, 7) is 3.93. The fourth-order valence-corrected chi connectivity index (χ4v) is 2.68. The Kier molecular flexibility index (Phi) is 5.61. The first kappa shape index (κ1) is 19.0. The van der Waals surface area contributed by atoms with E-state index in [0.717, 1.165) is 11.1 Å². The second-order valence-electron chi connectivity index (χ2n) is 6.39. The van der Waals surface area contributed by atoms with Gasteiger partial charge in [0, 0.05) is 24.6 Å². The Morgan fingerprint density at radius 1 is 1.14 bits per heavy atom. The third-order valence-corrected chi connectivity index (χ3v) is 4.42. The number of amides is 1. The Labute approximate surface area is 162 Å². The van der Waals surface area contributed by atoms with Crippen molar-refractivity contribution in [1.82, 2.24) is 14.8 Å². The van der Waals surface area contributed by atoms with Crippen LogP contribution in [-0.4, -0.2) is 26.5 Å². The minimum atomic E-state index is -0.369. The molecule has 0 bridgehead atoms. The Bertz CT molecular complexity index is 1060. The summed E-state index contributed by atoms with van der Waals surface area (Å²) in [5, 5.41) is 16.1. The first-order chi connectivity index (χ1) is 13.5.